The second-order valence-corrected chi connectivity index (χ2v) is 11.8. The molecule has 0 saturated heterocycles. The number of unbranched alkanes of at least 4 members (excludes halogenated alkanes) is 1. The van der Waals surface area contributed by atoms with E-state index in [9.17, 15) is 14.4 Å². The molecule has 0 aliphatic carbocycles. The predicted octanol–water partition coefficient (Wildman–Crippen LogP) is 9.95. The highest BCUT2D eigenvalue weighted by molar-refractivity contribution is 5.71. The monoisotopic (exact) mass is 668 g/mol. The Morgan fingerprint density at radius 2 is 0.939 bits per heavy atom. The fourth-order valence-corrected chi connectivity index (χ4v) is 4.77. The van der Waals surface area contributed by atoms with Gasteiger partial charge in [-0.2, -0.15) is 0 Å². The lowest BCUT2D eigenvalue weighted by Gasteiger charge is -2.18. The molecule has 0 aliphatic rings. The Kier molecular flexibility index (Phi) is 23.7. The number of hydrogen-bond acceptors (Lipinski definition) is 6. The minimum Gasteiger partial charge on any atom is -0.462 e. The molecule has 0 aromatic heterocycles. The van der Waals surface area contributed by atoms with E-state index in [-0.39, 0.29) is 44.4 Å². The number of benzene rings is 2. The molecule has 0 saturated carbocycles. The number of allylic oxidation sites excluding steroid dienone is 10. The molecular weight excluding hydrogens is 612 g/mol. The van der Waals surface area contributed by atoms with Gasteiger partial charge in [0.15, 0.2) is 6.10 Å². The number of esters is 3. The van der Waals surface area contributed by atoms with Crippen LogP contribution in [0.5, 0.6) is 0 Å². The maximum Gasteiger partial charge on any atom is 0.306 e. The van der Waals surface area contributed by atoms with Crippen LogP contribution in [0.15, 0.2) is 121 Å². The minimum absolute atomic E-state index is 0.151. The highest BCUT2D eigenvalue weighted by Gasteiger charge is 2.19. The summed E-state index contributed by atoms with van der Waals surface area (Å²) < 4.78 is 16.4. The van der Waals surface area contributed by atoms with Crippen molar-refractivity contribution >= 4 is 17.9 Å². The van der Waals surface area contributed by atoms with Crippen LogP contribution >= 0.6 is 0 Å². The van der Waals surface area contributed by atoms with Gasteiger partial charge < -0.3 is 14.2 Å². The van der Waals surface area contributed by atoms with Crippen LogP contribution in [0.25, 0.3) is 0 Å². The summed E-state index contributed by atoms with van der Waals surface area (Å²) in [7, 11) is 0. The highest BCUT2D eigenvalue weighted by Crippen LogP contribution is 2.10. The van der Waals surface area contributed by atoms with Gasteiger partial charge in [0.25, 0.3) is 0 Å². The van der Waals surface area contributed by atoms with Gasteiger partial charge in [-0.05, 0) is 81.8 Å². The van der Waals surface area contributed by atoms with Crippen molar-refractivity contribution in [3.8, 4) is 0 Å². The number of carbonyl (C=O) groups excluding carboxylic acids is 3. The molecule has 6 nitrogen and oxygen atoms in total. The number of aryl methyl sites for hydroxylation is 2. The van der Waals surface area contributed by atoms with Crippen LogP contribution in [0.4, 0.5) is 0 Å². The molecule has 6 heteroatoms. The molecule has 0 amide bonds. The summed E-state index contributed by atoms with van der Waals surface area (Å²) in [5, 5.41) is 0. The molecule has 0 fully saturated rings. The van der Waals surface area contributed by atoms with Crippen molar-refractivity contribution in [3.05, 3.63) is 133 Å². The molecule has 0 heterocycles. The molecule has 2 aromatic rings. The van der Waals surface area contributed by atoms with Gasteiger partial charge in [0.1, 0.15) is 13.2 Å². The van der Waals surface area contributed by atoms with Crippen LogP contribution in [-0.4, -0.2) is 37.2 Å². The number of rotatable bonds is 26. The Labute approximate surface area is 294 Å². The summed E-state index contributed by atoms with van der Waals surface area (Å²) in [5.41, 5.74) is 2.31. The van der Waals surface area contributed by atoms with Crippen molar-refractivity contribution in [1.82, 2.24) is 0 Å². The molecule has 2 aromatic carbocycles. The number of ether oxygens (including phenoxy) is 3. The first-order valence-electron chi connectivity index (χ1n) is 17.9. The lowest BCUT2D eigenvalue weighted by Crippen LogP contribution is -2.31. The van der Waals surface area contributed by atoms with E-state index in [1.54, 1.807) is 0 Å². The number of carbonyl (C=O) groups is 3. The lowest BCUT2D eigenvalue weighted by atomic mass is 10.1. The van der Waals surface area contributed by atoms with Gasteiger partial charge in [-0.25, -0.2) is 0 Å². The third-order valence-corrected chi connectivity index (χ3v) is 7.45. The van der Waals surface area contributed by atoms with Crippen LogP contribution in [-0.2, 0) is 41.4 Å². The molecule has 264 valence electrons. The van der Waals surface area contributed by atoms with Crippen LogP contribution in [0.1, 0.15) is 95.1 Å². The van der Waals surface area contributed by atoms with Gasteiger partial charge in [0.2, 0.25) is 0 Å². The Bertz CT molecular complexity index is 1310. The Morgan fingerprint density at radius 1 is 0.531 bits per heavy atom. The fourth-order valence-electron chi connectivity index (χ4n) is 4.77. The summed E-state index contributed by atoms with van der Waals surface area (Å²) in [4.78, 5) is 37.4. The Morgan fingerprint density at radius 3 is 1.41 bits per heavy atom. The maximum atomic E-state index is 12.6. The SMILES string of the molecule is CC/C=C\CC=CCC=CC/C=C\C/C=C\CCCC(=O)OCC(COC(=O)CCCc1ccccc1)OC(=O)CCCc1ccccc1. The van der Waals surface area contributed by atoms with Crippen molar-refractivity contribution < 1.29 is 28.6 Å². The summed E-state index contributed by atoms with van der Waals surface area (Å²) in [5.74, 6) is -1.15. The van der Waals surface area contributed by atoms with Crippen molar-refractivity contribution in [2.24, 2.45) is 0 Å². The quantitative estimate of drug-likeness (QED) is 0.0430. The van der Waals surface area contributed by atoms with Gasteiger partial charge in [0.05, 0.1) is 0 Å². The van der Waals surface area contributed by atoms with E-state index < -0.39 is 12.1 Å². The first-order chi connectivity index (χ1) is 24.1. The summed E-state index contributed by atoms with van der Waals surface area (Å²) in [6.45, 7) is 1.84. The second-order valence-electron chi connectivity index (χ2n) is 11.8. The average Bonchev–Trinajstić information content (AvgIpc) is 3.11. The maximum absolute atomic E-state index is 12.6. The van der Waals surface area contributed by atoms with Crippen molar-refractivity contribution in [2.45, 2.75) is 103 Å². The lowest BCUT2D eigenvalue weighted by molar-refractivity contribution is -0.167. The smallest absolute Gasteiger partial charge is 0.306 e. The molecule has 2 rings (SSSR count). The first kappa shape index (κ1) is 40.7. The largest absolute Gasteiger partial charge is 0.462 e. The third kappa shape index (κ3) is 23.5. The van der Waals surface area contributed by atoms with Crippen molar-refractivity contribution in [1.29, 1.82) is 0 Å². The first-order valence-corrected chi connectivity index (χ1v) is 17.9. The zero-order valence-electron chi connectivity index (χ0n) is 29.4. The number of hydrogen-bond donors (Lipinski definition) is 0. The molecule has 1 unspecified atom stereocenters. The normalized spacial score (nSPS) is 12.4. The van der Waals surface area contributed by atoms with Gasteiger partial charge in [-0.3, -0.25) is 14.4 Å². The van der Waals surface area contributed by atoms with Gasteiger partial charge in [-0.1, -0.05) is 128 Å². The van der Waals surface area contributed by atoms with Crippen LogP contribution in [0.3, 0.4) is 0 Å². The summed E-state index contributed by atoms with van der Waals surface area (Å²) >= 11 is 0. The Balaban J connectivity index is 1.65. The van der Waals surface area contributed by atoms with Crippen molar-refractivity contribution in [2.75, 3.05) is 13.2 Å². The average molecular weight is 669 g/mol. The molecule has 0 N–H and O–H groups in total. The molecular formula is C43H56O6. The molecule has 49 heavy (non-hydrogen) atoms. The van der Waals surface area contributed by atoms with Crippen LogP contribution in [0.2, 0.25) is 0 Å². The van der Waals surface area contributed by atoms with Crippen LogP contribution < -0.4 is 0 Å². The zero-order valence-corrected chi connectivity index (χ0v) is 29.4. The van der Waals surface area contributed by atoms with E-state index in [4.69, 9.17) is 14.2 Å². The molecule has 0 aliphatic heterocycles. The Hall–Kier alpha value is -4.45. The topological polar surface area (TPSA) is 78.9 Å². The van der Waals surface area contributed by atoms with E-state index in [1.165, 1.54) is 0 Å². The van der Waals surface area contributed by atoms with E-state index in [1.807, 2.05) is 60.7 Å². The van der Waals surface area contributed by atoms with Crippen molar-refractivity contribution in [3.63, 3.8) is 0 Å². The van der Waals surface area contributed by atoms with Gasteiger partial charge in [-0.15, -0.1) is 0 Å². The fraction of sp³-hybridized carbons (Fsp3) is 0.419. The second kappa shape index (κ2) is 28.6. The minimum atomic E-state index is -0.850. The molecule has 0 bridgehead atoms. The van der Waals surface area contributed by atoms with Gasteiger partial charge in [0, 0.05) is 19.3 Å². The molecule has 1 atom stereocenters. The van der Waals surface area contributed by atoms with E-state index >= 15 is 0 Å². The summed E-state index contributed by atoms with van der Waals surface area (Å²) in [6.07, 6.45) is 30.5. The summed E-state index contributed by atoms with van der Waals surface area (Å²) in [6, 6.07) is 19.9. The van der Waals surface area contributed by atoms with E-state index in [2.05, 4.69) is 67.7 Å². The van der Waals surface area contributed by atoms with Gasteiger partial charge >= 0.3 is 17.9 Å². The van der Waals surface area contributed by atoms with E-state index in [0.29, 0.717) is 19.3 Å². The molecule has 0 radical (unpaired) electrons. The predicted molar refractivity (Wildman–Crippen MR) is 199 cm³/mol. The standard InChI is InChI=1S/C43H56O6/c1-2-3-4-5-6-7-8-9-10-11-12-13-14-15-16-17-24-33-41(44)47-36-40(49-43(46)35-26-32-39-29-22-19-23-30-39)37-48-42(45)34-25-31-38-27-20-18-21-28-38/h3-4,6-7,9-10,12-13,15-16,18-23,27-30,40H,2,5,8,11,14,17,24-26,31-37H2,1H3/b4-3-,7-6?,10-9?,13-12-,16-15-. The molecule has 0 spiro atoms. The third-order valence-electron chi connectivity index (χ3n) is 7.45. The zero-order chi connectivity index (χ0) is 35.0. The van der Waals surface area contributed by atoms with E-state index in [0.717, 1.165) is 62.5 Å². The van der Waals surface area contributed by atoms with Crippen LogP contribution in [0, 0.1) is 0 Å². The highest BCUT2D eigenvalue weighted by atomic mass is 16.6.